The summed E-state index contributed by atoms with van der Waals surface area (Å²) in [5, 5.41) is 3.47. The van der Waals surface area contributed by atoms with Crippen molar-refractivity contribution in [2.45, 2.75) is 12.1 Å². The van der Waals surface area contributed by atoms with E-state index >= 15 is 0 Å². The van der Waals surface area contributed by atoms with Crippen molar-refractivity contribution in [3.63, 3.8) is 0 Å². The summed E-state index contributed by atoms with van der Waals surface area (Å²) >= 11 is -1.33. The molecule has 10 nitrogen and oxygen atoms in total. The fourth-order valence-corrected chi connectivity index (χ4v) is 3.97. The molecule has 0 bridgehead atoms. The van der Waals surface area contributed by atoms with Crippen LogP contribution in [0.5, 0.6) is 17.2 Å². The van der Waals surface area contributed by atoms with Crippen molar-refractivity contribution >= 4 is 44.7 Å². The third kappa shape index (κ3) is 4.06. The van der Waals surface area contributed by atoms with E-state index in [0.29, 0.717) is 39.8 Å². The Bertz CT molecular complexity index is 1520. The van der Waals surface area contributed by atoms with Crippen molar-refractivity contribution in [1.29, 1.82) is 0 Å². The second-order valence-corrected chi connectivity index (χ2v) is 8.89. The zero-order valence-corrected chi connectivity index (χ0v) is 19.8. The van der Waals surface area contributed by atoms with E-state index in [1.807, 2.05) is 48.9 Å². The number of imidazole rings is 1. The van der Waals surface area contributed by atoms with Crippen LogP contribution < -0.4 is 14.8 Å². The van der Waals surface area contributed by atoms with Gasteiger partial charge in [-0.25, -0.2) is 15.0 Å². The fraction of sp³-hybridized carbons (Fsp3) is 0.174. The molecule has 3 aromatic heterocycles. The Kier molecular flexibility index (Phi) is 5.64. The molecule has 5 aromatic rings. The zero-order chi connectivity index (χ0) is 23.8. The van der Waals surface area contributed by atoms with Crippen LogP contribution in [0.25, 0.3) is 22.1 Å². The van der Waals surface area contributed by atoms with E-state index in [9.17, 15) is 4.55 Å². The summed E-state index contributed by atoms with van der Waals surface area (Å²) in [6.07, 6.45) is 6.24. The molecule has 34 heavy (non-hydrogen) atoms. The first-order valence-electron chi connectivity index (χ1n) is 10.3. The molecule has 0 saturated carbocycles. The third-order valence-corrected chi connectivity index (χ3v) is 6.00. The van der Waals surface area contributed by atoms with Gasteiger partial charge < -0.3 is 23.9 Å². The molecular formula is C23H21N7O3S. The number of aromatic nitrogens is 6. The molecule has 1 atom stereocenters. The van der Waals surface area contributed by atoms with Crippen LogP contribution in [-0.4, -0.2) is 47.4 Å². The standard InChI is InChI=1S/C23H21N7O3S/c1-13-7-16(28-22-21-17(25-11-26-22)10-24-23(29-21)34(4)31)20(32-3)9-19(13)33-14-5-6-18-15(8-14)27-12-30(18)2/h5-12H,1-4H3,(H,25,26,28). The van der Waals surface area contributed by atoms with Gasteiger partial charge in [-0.15, -0.1) is 0 Å². The topological polar surface area (TPSA) is 123 Å². The molecule has 2 aromatic carbocycles. The normalized spacial score (nSPS) is 12.1. The highest BCUT2D eigenvalue weighted by Crippen LogP contribution is 2.37. The molecule has 1 unspecified atom stereocenters. The number of aryl methyl sites for hydroxylation is 2. The van der Waals surface area contributed by atoms with Crippen molar-refractivity contribution in [3.05, 3.63) is 54.7 Å². The van der Waals surface area contributed by atoms with Gasteiger partial charge in [-0.3, -0.25) is 0 Å². The summed E-state index contributed by atoms with van der Waals surface area (Å²) in [4.78, 5) is 21.4. The first-order chi connectivity index (χ1) is 16.4. The highest BCUT2D eigenvalue weighted by Gasteiger charge is 2.16. The van der Waals surface area contributed by atoms with Gasteiger partial charge in [-0.2, -0.15) is 9.97 Å². The summed E-state index contributed by atoms with van der Waals surface area (Å²) < 4.78 is 25.6. The highest BCUT2D eigenvalue weighted by atomic mass is 32.2. The largest absolute Gasteiger partial charge is 0.609 e. The molecule has 11 heteroatoms. The molecule has 0 aliphatic rings. The third-order valence-electron chi connectivity index (χ3n) is 5.29. The SMILES string of the molecule is COc1cc(Oc2ccc3c(c2)ncn3C)c(C)cc1Nc1ncnc2cnc([S+](C)[O-])nc12. The first kappa shape index (κ1) is 21.9. The van der Waals surface area contributed by atoms with E-state index in [4.69, 9.17) is 9.47 Å². The minimum atomic E-state index is -1.33. The first-order valence-corrected chi connectivity index (χ1v) is 11.8. The Hall–Kier alpha value is -3.96. The number of anilines is 2. The van der Waals surface area contributed by atoms with E-state index in [2.05, 4.69) is 30.2 Å². The quantitative estimate of drug-likeness (QED) is 0.288. The van der Waals surface area contributed by atoms with Crippen molar-refractivity contribution in [1.82, 2.24) is 29.5 Å². The molecule has 0 radical (unpaired) electrons. The highest BCUT2D eigenvalue weighted by molar-refractivity contribution is 7.90. The second-order valence-electron chi connectivity index (χ2n) is 7.61. The number of hydrogen-bond donors (Lipinski definition) is 1. The number of methoxy groups -OCH3 is 1. The lowest BCUT2D eigenvalue weighted by Gasteiger charge is -2.16. The van der Waals surface area contributed by atoms with E-state index in [0.717, 1.165) is 16.6 Å². The van der Waals surface area contributed by atoms with Gasteiger partial charge in [0.25, 0.3) is 0 Å². The molecule has 0 fully saturated rings. The van der Waals surface area contributed by atoms with Crippen molar-refractivity contribution in [2.75, 3.05) is 18.7 Å². The van der Waals surface area contributed by atoms with Crippen LogP contribution in [0.1, 0.15) is 5.56 Å². The summed E-state index contributed by atoms with van der Waals surface area (Å²) in [6.45, 7) is 1.94. The van der Waals surface area contributed by atoms with Crippen molar-refractivity contribution in [3.8, 4) is 17.2 Å². The van der Waals surface area contributed by atoms with Crippen molar-refractivity contribution in [2.24, 2.45) is 7.05 Å². The number of fused-ring (bicyclic) bond motifs is 2. The lowest BCUT2D eigenvalue weighted by atomic mass is 10.1. The van der Waals surface area contributed by atoms with Gasteiger partial charge in [0, 0.05) is 30.4 Å². The fourth-order valence-electron chi connectivity index (χ4n) is 3.55. The van der Waals surface area contributed by atoms with Crippen LogP contribution in [0, 0.1) is 6.92 Å². The Balaban J connectivity index is 1.48. The van der Waals surface area contributed by atoms with Gasteiger partial charge in [-0.05, 0) is 30.7 Å². The Morgan fingerprint density at radius 1 is 1.03 bits per heavy atom. The molecule has 0 aliphatic carbocycles. The Morgan fingerprint density at radius 3 is 2.68 bits per heavy atom. The number of nitrogens with zero attached hydrogens (tertiary/aromatic N) is 6. The molecule has 0 aliphatic heterocycles. The van der Waals surface area contributed by atoms with E-state index in [1.165, 1.54) is 18.8 Å². The van der Waals surface area contributed by atoms with Crippen LogP contribution in [0.2, 0.25) is 0 Å². The second kappa shape index (κ2) is 8.76. The van der Waals surface area contributed by atoms with Gasteiger partial charge in [0.15, 0.2) is 5.82 Å². The molecule has 172 valence electrons. The number of ether oxygens (including phenoxy) is 2. The maximum absolute atomic E-state index is 11.9. The van der Waals surface area contributed by atoms with Crippen LogP contribution in [0.3, 0.4) is 0 Å². The number of hydrogen-bond acceptors (Lipinski definition) is 9. The summed E-state index contributed by atoms with van der Waals surface area (Å²) in [5.74, 6) is 2.33. The predicted octanol–water partition coefficient (Wildman–Crippen LogP) is 3.90. The molecule has 1 N–H and O–H groups in total. The smallest absolute Gasteiger partial charge is 0.343 e. The van der Waals surface area contributed by atoms with E-state index < -0.39 is 11.2 Å². The van der Waals surface area contributed by atoms with Gasteiger partial charge in [0.2, 0.25) is 0 Å². The van der Waals surface area contributed by atoms with Crippen molar-refractivity contribution < 1.29 is 14.0 Å². The molecular weight excluding hydrogens is 454 g/mol. The number of benzene rings is 2. The average molecular weight is 476 g/mol. The average Bonchev–Trinajstić information content (AvgIpc) is 3.20. The molecule has 5 rings (SSSR count). The summed E-state index contributed by atoms with van der Waals surface area (Å²) in [5.41, 5.74) is 4.43. The minimum absolute atomic E-state index is 0.210. The zero-order valence-electron chi connectivity index (χ0n) is 18.9. The van der Waals surface area contributed by atoms with Gasteiger partial charge in [0.1, 0.15) is 40.9 Å². The van der Waals surface area contributed by atoms with Gasteiger partial charge >= 0.3 is 5.16 Å². The van der Waals surface area contributed by atoms with Crippen LogP contribution in [0.4, 0.5) is 11.5 Å². The number of rotatable bonds is 6. The van der Waals surface area contributed by atoms with E-state index in [-0.39, 0.29) is 5.16 Å². The monoisotopic (exact) mass is 475 g/mol. The van der Waals surface area contributed by atoms with Gasteiger partial charge in [-0.1, -0.05) is 0 Å². The maximum Gasteiger partial charge on any atom is 0.343 e. The summed E-state index contributed by atoms with van der Waals surface area (Å²) in [6, 6.07) is 9.49. The van der Waals surface area contributed by atoms with Gasteiger partial charge in [0.05, 0.1) is 36.4 Å². The molecule has 0 spiro atoms. The lowest BCUT2D eigenvalue weighted by Crippen LogP contribution is -2.06. The van der Waals surface area contributed by atoms with Crippen LogP contribution in [0.15, 0.2) is 54.3 Å². The Labute approximate surface area is 198 Å². The molecule has 0 saturated heterocycles. The van der Waals surface area contributed by atoms with E-state index in [1.54, 1.807) is 13.4 Å². The molecule has 0 amide bonds. The van der Waals surface area contributed by atoms with Crippen LogP contribution in [-0.2, 0) is 18.2 Å². The number of nitrogens with one attached hydrogen (secondary N) is 1. The Morgan fingerprint density at radius 2 is 1.88 bits per heavy atom. The summed E-state index contributed by atoms with van der Waals surface area (Å²) in [7, 11) is 3.53. The molecule has 3 heterocycles. The predicted molar refractivity (Wildman–Crippen MR) is 129 cm³/mol. The lowest BCUT2D eigenvalue weighted by molar-refractivity contribution is 0.410. The van der Waals surface area contributed by atoms with Crippen LogP contribution >= 0.6 is 0 Å². The minimum Gasteiger partial charge on any atom is -0.609 e. The maximum atomic E-state index is 11.9.